The van der Waals surface area contributed by atoms with E-state index in [9.17, 15) is 21.6 Å². The van der Waals surface area contributed by atoms with E-state index in [1.54, 1.807) is 13.0 Å². The normalized spacial score (nSPS) is 14.2. The lowest BCUT2D eigenvalue weighted by Gasteiger charge is -2.19. The number of hydrogen-bond donors (Lipinski definition) is 3. The lowest BCUT2D eigenvalue weighted by atomic mass is 10.1. The Bertz CT molecular complexity index is 1520. The predicted molar refractivity (Wildman–Crippen MR) is 133 cm³/mol. The molecule has 2 aromatic carbocycles. The van der Waals surface area contributed by atoms with Crippen molar-refractivity contribution in [3.8, 4) is 17.0 Å². The number of benzene rings is 2. The summed E-state index contributed by atoms with van der Waals surface area (Å²) in [5, 5.41) is 14.7. The fourth-order valence-corrected chi connectivity index (χ4v) is 4.44. The molecule has 14 heteroatoms. The van der Waals surface area contributed by atoms with Crippen molar-refractivity contribution in [3.63, 3.8) is 0 Å². The number of hydrogen-bond acceptors (Lipinski definition) is 7. The molecule has 200 valence electrons. The van der Waals surface area contributed by atoms with Gasteiger partial charge in [-0.05, 0) is 36.8 Å². The lowest BCUT2D eigenvalue weighted by molar-refractivity contribution is 0.0801. The number of aromatic nitrogens is 4. The Labute approximate surface area is 215 Å². The summed E-state index contributed by atoms with van der Waals surface area (Å²) in [6.45, 7) is 3.39. The summed E-state index contributed by atoms with van der Waals surface area (Å²) in [5.74, 6) is -3.00. The molecular weight excluding hydrogens is 525 g/mol. The highest BCUT2D eigenvalue weighted by Crippen LogP contribution is 2.35. The second-order valence-electron chi connectivity index (χ2n) is 8.52. The summed E-state index contributed by atoms with van der Waals surface area (Å²) in [7, 11) is -4.95. The first-order valence-electron chi connectivity index (χ1n) is 11.5. The molecule has 0 saturated carbocycles. The Kier molecular flexibility index (Phi) is 6.99. The van der Waals surface area contributed by atoms with Crippen LogP contribution in [0.5, 0.6) is 5.75 Å². The maximum absolute atomic E-state index is 13.3. The van der Waals surface area contributed by atoms with Crippen LogP contribution in [0.4, 0.5) is 30.5 Å². The minimum atomic E-state index is -4.95. The number of nitrogens with one attached hydrogen (secondary N) is 3. The minimum Gasteiger partial charge on any atom is -0.484 e. The van der Waals surface area contributed by atoms with Crippen LogP contribution in [0.3, 0.4) is 0 Å². The van der Waals surface area contributed by atoms with Gasteiger partial charge >= 0.3 is 5.76 Å². The molecule has 5 rings (SSSR count). The third kappa shape index (κ3) is 5.60. The van der Waals surface area contributed by atoms with E-state index in [2.05, 4.69) is 20.6 Å². The first-order valence-corrected chi connectivity index (χ1v) is 13.1. The molecule has 2 aromatic heterocycles. The smallest absolute Gasteiger partial charge is 0.355 e. The zero-order chi connectivity index (χ0) is 26.9. The first-order chi connectivity index (χ1) is 18.2. The van der Waals surface area contributed by atoms with Gasteiger partial charge in [-0.2, -0.15) is 19.0 Å². The molecule has 1 atom stereocenters. The Morgan fingerprint density at radius 2 is 1.89 bits per heavy atom. The molecule has 38 heavy (non-hydrogen) atoms. The van der Waals surface area contributed by atoms with Crippen LogP contribution in [-0.2, 0) is 27.9 Å². The molecule has 0 fully saturated rings. The number of anilines is 3. The highest BCUT2D eigenvalue weighted by atomic mass is 32.2. The molecular formula is C24H23F3N6O4S. The van der Waals surface area contributed by atoms with Gasteiger partial charge in [0.1, 0.15) is 17.7 Å². The third-order valence-corrected chi connectivity index (χ3v) is 6.79. The van der Waals surface area contributed by atoms with E-state index in [1.165, 1.54) is 42.5 Å². The predicted octanol–water partition coefficient (Wildman–Crippen LogP) is 4.79. The molecule has 1 aliphatic heterocycles. The minimum absolute atomic E-state index is 0.00515. The second-order valence-corrected chi connectivity index (χ2v) is 10.2. The summed E-state index contributed by atoms with van der Waals surface area (Å²) in [4.78, 5) is 0. The van der Waals surface area contributed by atoms with E-state index in [1.807, 2.05) is 15.5 Å². The van der Waals surface area contributed by atoms with Crippen LogP contribution in [0.2, 0.25) is 0 Å². The monoisotopic (exact) mass is 548 g/mol. The number of fused-ring (bicyclic) bond motifs is 1. The van der Waals surface area contributed by atoms with Gasteiger partial charge in [0.05, 0.1) is 36.8 Å². The molecule has 4 aromatic rings. The average Bonchev–Trinajstić information content (AvgIpc) is 3.52. The van der Waals surface area contributed by atoms with E-state index < -0.39 is 27.7 Å². The van der Waals surface area contributed by atoms with Crippen molar-refractivity contribution >= 4 is 27.3 Å². The van der Waals surface area contributed by atoms with Gasteiger partial charge in [-0.3, -0.25) is 14.5 Å². The van der Waals surface area contributed by atoms with E-state index in [4.69, 9.17) is 9.47 Å². The fourth-order valence-electron chi connectivity index (χ4n) is 3.88. The maximum atomic E-state index is 13.3. The molecule has 0 saturated heterocycles. The molecule has 0 radical (unpaired) electrons. The number of aromatic amines is 1. The third-order valence-electron chi connectivity index (χ3n) is 5.82. The van der Waals surface area contributed by atoms with Crippen molar-refractivity contribution in [2.75, 3.05) is 16.6 Å². The van der Waals surface area contributed by atoms with E-state index in [0.29, 0.717) is 48.2 Å². The molecule has 3 N–H and O–H groups in total. The molecule has 0 spiro atoms. The van der Waals surface area contributed by atoms with Crippen LogP contribution < -0.4 is 14.8 Å². The van der Waals surface area contributed by atoms with Gasteiger partial charge < -0.3 is 14.8 Å². The van der Waals surface area contributed by atoms with Crippen molar-refractivity contribution in [2.24, 2.45) is 0 Å². The number of sulfonamides is 1. The van der Waals surface area contributed by atoms with Crippen molar-refractivity contribution in [3.05, 3.63) is 71.7 Å². The zero-order valence-electron chi connectivity index (χ0n) is 20.0. The molecule has 0 unspecified atom stereocenters. The van der Waals surface area contributed by atoms with E-state index in [-0.39, 0.29) is 11.4 Å². The van der Waals surface area contributed by atoms with Crippen molar-refractivity contribution in [2.45, 2.75) is 31.9 Å². The molecule has 10 nitrogen and oxygen atoms in total. The number of rotatable bonds is 9. The highest BCUT2D eigenvalue weighted by Gasteiger charge is 2.26. The molecule has 0 aliphatic carbocycles. The quantitative estimate of drug-likeness (QED) is 0.275. The Morgan fingerprint density at radius 3 is 2.63 bits per heavy atom. The number of nitrogens with zero attached hydrogens (tertiary/aromatic N) is 3. The first kappa shape index (κ1) is 25.6. The summed E-state index contributed by atoms with van der Waals surface area (Å²) < 4.78 is 78.2. The van der Waals surface area contributed by atoms with Gasteiger partial charge in [0.2, 0.25) is 0 Å². The van der Waals surface area contributed by atoms with Crippen LogP contribution in [0.1, 0.15) is 24.3 Å². The molecule has 3 heterocycles. The van der Waals surface area contributed by atoms with Gasteiger partial charge in [0.25, 0.3) is 10.0 Å². The fraction of sp³-hybridized carbons (Fsp3) is 0.250. The van der Waals surface area contributed by atoms with Gasteiger partial charge in [-0.25, -0.2) is 12.8 Å². The summed E-state index contributed by atoms with van der Waals surface area (Å²) in [5.41, 5.74) is 2.45. The number of halogens is 3. The largest absolute Gasteiger partial charge is 0.484 e. The van der Waals surface area contributed by atoms with Gasteiger partial charge in [0.15, 0.2) is 11.6 Å². The molecule has 0 bridgehead atoms. The second kappa shape index (κ2) is 10.4. The van der Waals surface area contributed by atoms with Crippen molar-refractivity contribution < 1.29 is 31.1 Å². The Balaban J connectivity index is 1.41. The van der Waals surface area contributed by atoms with Crippen molar-refractivity contribution in [1.29, 1.82) is 0 Å². The summed E-state index contributed by atoms with van der Waals surface area (Å²) in [6.07, 6.45) is -0.657. The highest BCUT2D eigenvalue weighted by molar-refractivity contribution is 7.93. The average molecular weight is 549 g/mol. The Hall–Kier alpha value is -4.04. The van der Waals surface area contributed by atoms with Crippen molar-refractivity contribution in [1.82, 2.24) is 20.0 Å². The zero-order valence-corrected chi connectivity index (χ0v) is 20.8. The summed E-state index contributed by atoms with van der Waals surface area (Å²) in [6, 6.07) is 13.5. The van der Waals surface area contributed by atoms with Crippen LogP contribution in [-0.4, -0.2) is 40.8 Å². The van der Waals surface area contributed by atoms with Gasteiger partial charge in [0, 0.05) is 17.7 Å². The SMILES string of the molecule is C[C@H](Oc1cc(-c2cc(Nc3cc4n(n3)CCOC4)n[nH]2)ccc1NS(=O)(=O)C(F)F)c1ccc(F)cc1. The molecule has 0 amide bonds. The van der Waals surface area contributed by atoms with E-state index in [0.717, 1.165) is 5.69 Å². The standard InChI is InChI=1S/C24H23F3N6O4S/c1-14(15-2-5-17(25)6-3-15)37-21-10-16(4-7-19(21)32-38(34,35)24(26)27)20-12-22(30-29-20)28-23-11-18-13-36-9-8-33(18)31-23/h2-7,10-12,14,24,32H,8-9,13H2,1H3,(H2,28,29,30,31)/t14-/m0/s1. The Morgan fingerprint density at radius 1 is 1.11 bits per heavy atom. The van der Waals surface area contributed by atoms with Crippen LogP contribution in [0.25, 0.3) is 11.3 Å². The van der Waals surface area contributed by atoms with Gasteiger partial charge in [-0.1, -0.05) is 18.2 Å². The maximum Gasteiger partial charge on any atom is 0.355 e. The van der Waals surface area contributed by atoms with Gasteiger partial charge in [-0.15, -0.1) is 0 Å². The van der Waals surface area contributed by atoms with E-state index >= 15 is 0 Å². The number of ether oxygens (including phenoxy) is 2. The molecule has 1 aliphatic rings. The topological polar surface area (TPSA) is 123 Å². The number of alkyl halides is 2. The number of H-pyrrole nitrogens is 1. The lowest BCUT2D eigenvalue weighted by Crippen LogP contribution is -2.21. The van der Waals surface area contributed by atoms with Crippen LogP contribution in [0, 0.1) is 5.82 Å². The summed E-state index contributed by atoms with van der Waals surface area (Å²) >= 11 is 0. The van der Waals surface area contributed by atoms with Crippen LogP contribution >= 0.6 is 0 Å². The van der Waals surface area contributed by atoms with Crippen LogP contribution in [0.15, 0.2) is 54.6 Å².